The molecule has 0 saturated carbocycles. The average Bonchev–Trinajstić information content (AvgIpc) is 0.721. The summed E-state index contributed by atoms with van der Waals surface area (Å²) in [6, 6.07) is 24.2. The van der Waals surface area contributed by atoms with Crippen LogP contribution in [0.4, 0.5) is 4.79 Å². The molecule has 4 saturated heterocycles. The van der Waals surface area contributed by atoms with Crippen LogP contribution in [0.3, 0.4) is 0 Å². The van der Waals surface area contributed by atoms with Crippen LogP contribution in [-0.4, -0.2) is 266 Å². The number of halogens is 3. The van der Waals surface area contributed by atoms with Crippen molar-refractivity contribution in [2.75, 3.05) is 13.7 Å². The Morgan fingerprint density at radius 2 is 1.21 bits per heavy atom. The molecule has 27 unspecified atom stereocenters. The van der Waals surface area contributed by atoms with Crippen LogP contribution in [0.2, 0.25) is 15.1 Å². The molecule has 788 valence electrons. The number of ketones is 2. The summed E-state index contributed by atoms with van der Waals surface area (Å²) in [5, 5.41) is 163. The number of phenolic OH excluding ortho intramolecular Hbond substituents is 3. The molecule has 41 nitrogen and oxygen atoms in total. The molecular formula is C103H117Cl3N8O33. The third-order valence-electron chi connectivity index (χ3n) is 27.5. The highest BCUT2D eigenvalue weighted by molar-refractivity contribution is 6.32. The van der Waals surface area contributed by atoms with E-state index in [4.69, 9.17) is 98.4 Å². The van der Waals surface area contributed by atoms with Crippen LogP contribution in [0.25, 0.3) is 22.3 Å². The number of nitrogens with zero attached hydrogens (tertiary/aromatic N) is 1. The molecule has 17 rings (SSSR count). The summed E-state index contributed by atoms with van der Waals surface area (Å²) < 4.78 is 70.6. The maximum atomic E-state index is 16.9. The highest BCUT2D eigenvalue weighted by Gasteiger charge is 2.54. The molecule has 0 radical (unpaired) electrons. The molecule has 22 N–H and O–H groups in total. The number of carbonyl (C=O) groups excluding carboxylic acids is 8. The fourth-order valence-electron chi connectivity index (χ4n) is 19.3. The number of nitrogens with two attached hydrogens (primary N) is 2. The van der Waals surface area contributed by atoms with Gasteiger partial charge in [0.15, 0.2) is 47.8 Å². The molecule has 11 bridgehead atoms. The number of ether oxygens (including phenoxy) is 11. The molecule has 8 aromatic rings. The average molecular weight is 2100 g/mol. The molecule has 4 fully saturated rings. The van der Waals surface area contributed by atoms with E-state index >= 15 is 28.8 Å². The maximum absolute atomic E-state index is 16.9. The van der Waals surface area contributed by atoms with Crippen LogP contribution in [0, 0.1) is 11.8 Å². The second-order valence-electron chi connectivity index (χ2n) is 38.8. The Bertz CT molecular complexity index is 6210. The number of likely N-dealkylation sites (N-methyl/N-ethyl adjacent to an activating group) is 1. The Hall–Kier alpha value is -12.0. The van der Waals surface area contributed by atoms with Crippen molar-refractivity contribution in [2.24, 2.45) is 23.3 Å². The van der Waals surface area contributed by atoms with Crippen molar-refractivity contribution >= 4 is 88.0 Å². The van der Waals surface area contributed by atoms with E-state index < -0.39 is 334 Å². The lowest BCUT2D eigenvalue weighted by atomic mass is 9.84. The normalized spacial score (nSPS) is 30.2. The number of aliphatic hydroxyl groups is 9. The molecule has 9 aliphatic heterocycles. The number of Topliss-reactive ketones (excluding diaryl/α,β-unsaturated/α-hetero) is 2. The standard InChI is InChI=1S/C103H117Cl3N8O33/c1-9-69-84(123)86(125)88(127)99(143-69)140-58-23-12-48(13-24-58)43-137-101(136)114(8)64(28-44(2)3)96(132)112-81-67(119)32-55(35-75(107)121)94(130)110-79-54-33-72(141-70-26-19-52(83(81)122)30-62(70)105)90(147-100-91(87(126)85(124)74(42-115)144-100)146-77-40-103(7,93(129)46(5)139-77)109-41-47-10-14-49(15-11-47)50-16-21-56(104)22-17-50)73(34-54)142-71-27-20-53(31-63(71)106)89(145-76-39-102(6,108)92(128)45(4)138-76)82-97(133)111-80(98(134)135)61-36-57(116)37-66(118)78(61)60-29-51(18-25-65(60)117)59(38-68(79)120)95(131)113-82/h10-27,29-31,33-34,36-37,44-46,55,59,64,69,74,76-77,79-89,91-93,99-100,109,115-118,122-129H,9,28,32,35,38-43,108H2,1-8H3,(H2,107,121)(H,110,130)(H,111,133)(H,112,132)(H,113,131)(H,134,135). The smallest absolute Gasteiger partial charge is 0.410 e. The molecule has 0 spiro atoms. The third-order valence-corrected chi connectivity index (χ3v) is 28.4. The van der Waals surface area contributed by atoms with Crippen molar-refractivity contribution in [3.05, 3.63) is 206 Å². The van der Waals surface area contributed by atoms with Gasteiger partial charge in [-0.25, -0.2) is 9.59 Å². The fourth-order valence-corrected chi connectivity index (χ4v) is 19.8. The van der Waals surface area contributed by atoms with E-state index in [-0.39, 0.29) is 54.7 Å². The highest BCUT2D eigenvalue weighted by atomic mass is 35.5. The van der Waals surface area contributed by atoms with Crippen LogP contribution in [0.1, 0.15) is 163 Å². The quantitative estimate of drug-likeness (QED) is 0.0286. The van der Waals surface area contributed by atoms with Crippen molar-refractivity contribution in [1.29, 1.82) is 0 Å². The van der Waals surface area contributed by atoms with Gasteiger partial charge in [0.25, 0.3) is 0 Å². The highest BCUT2D eigenvalue weighted by Crippen LogP contribution is 2.52. The van der Waals surface area contributed by atoms with Gasteiger partial charge in [0, 0.05) is 84.6 Å². The predicted molar refractivity (Wildman–Crippen MR) is 521 cm³/mol. The lowest BCUT2D eigenvalue weighted by molar-refractivity contribution is -0.334. The van der Waals surface area contributed by atoms with Crippen molar-refractivity contribution in [2.45, 2.75) is 264 Å². The molecule has 8 aromatic carbocycles. The lowest BCUT2D eigenvalue weighted by Gasteiger charge is -2.48. The van der Waals surface area contributed by atoms with Crippen molar-refractivity contribution in [3.8, 4) is 74.0 Å². The molecule has 6 amide bonds. The second kappa shape index (κ2) is 45.6. The number of primary amides is 1. The number of amides is 6. The summed E-state index contributed by atoms with van der Waals surface area (Å²) in [5.74, 6) is -20.4. The SMILES string of the molecule is CCC1OC(Oc2ccc(COC(=O)N(C)C(CC(C)C)C(=O)NC3C(=O)CC(CC(N)=O)C(=O)NC4C(=O)CC5C(=O)NC(C(=O)NC(C(=O)O)c6cc(O)cc(O)c6-c6cc5ccc6O)C(OC5CC(C)(N)C(O)C(C)O5)c5ccc(c(Cl)c5)Oc5cc4cc(c5OC4OC(CO)C(O)C(O)C4OC4CC(C)(NCc5ccc(-c6ccc(Cl)cc6)cc5)C(O)C(C)O4)Oc4ccc(cc4Cl)C3O)cc2)C(O)C(O)C1O. The van der Waals surface area contributed by atoms with Gasteiger partial charge in [-0.05, 0) is 170 Å². The summed E-state index contributed by atoms with van der Waals surface area (Å²) in [4.78, 5) is 140. The van der Waals surface area contributed by atoms with E-state index in [2.05, 4.69) is 26.6 Å². The number of aliphatic carboxylic acids is 1. The van der Waals surface area contributed by atoms with Crippen LogP contribution < -0.4 is 57.0 Å². The molecule has 0 aromatic heterocycles. The van der Waals surface area contributed by atoms with Gasteiger partial charge in [-0.2, -0.15) is 0 Å². The van der Waals surface area contributed by atoms with E-state index in [0.29, 0.717) is 10.6 Å². The van der Waals surface area contributed by atoms with Gasteiger partial charge in [0.05, 0.1) is 59.0 Å². The zero-order valence-corrected chi connectivity index (χ0v) is 83.0. The Balaban J connectivity index is 0.866. The number of aromatic hydroxyl groups is 3. The number of aliphatic hydroxyl groups excluding tert-OH is 9. The molecule has 147 heavy (non-hydrogen) atoms. The predicted octanol–water partition coefficient (Wildman–Crippen LogP) is 7.12. The summed E-state index contributed by atoms with van der Waals surface area (Å²) >= 11 is 21.1. The first-order valence-corrected chi connectivity index (χ1v) is 48.8. The Kier molecular flexibility index (Phi) is 33.9. The molecule has 44 heteroatoms. The number of carboxylic acids is 1. The van der Waals surface area contributed by atoms with Crippen LogP contribution in [0.15, 0.2) is 152 Å². The minimum absolute atomic E-state index is 0.150. The number of nitrogens with one attached hydrogen (secondary N) is 5. The minimum Gasteiger partial charge on any atom is -0.508 e. The van der Waals surface area contributed by atoms with Gasteiger partial charge in [-0.3, -0.25) is 38.5 Å². The number of hydrogen-bond donors (Lipinski definition) is 20. The topological polar surface area (TPSA) is 634 Å². The van der Waals surface area contributed by atoms with Gasteiger partial charge in [0.2, 0.25) is 47.9 Å². The number of carbonyl (C=O) groups is 9. The molecule has 0 aliphatic carbocycles. The number of carboxylic acid groups (broad SMARTS) is 1. The largest absolute Gasteiger partial charge is 0.508 e. The number of hydrogen-bond acceptors (Lipinski definition) is 34. The van der Waals surface area contributed by atoms with Crippen LogP contribution in [0.5, 0.6) is 51.7 Å². The zero-order valence-electron chi connectivity index (χ0n) is 80.7. The molecule has 9 heterocycles. The van der Waals surface area contributed by atoms with Crippen molar-refractivity contribution in [3.63, 3.8) is 0 Å². The van der Waals surface area contributed by atoms with Crippen molar-refractivity contribution in [1.82, 2.24) is 31.5 Å². The van der Waals surface area contributed by atoms with Gasteiger partial charge >= 0.3 is 12.1 Å². The van der Waals surface area contributed by atoms with E-state index in [1.165, 1.54) is 75.5 Å². The number of fused-ring (bicyclic) bond motifs is 15. The summed E-state index contributed by atoms with van der Waals surface area (Å²) in [6.07, 6.45) is -33.9. The van der Waals surface area contributed by atoms with Gasteiger partial charge in [-0.1, -0.05) is 122 Å². The van der Waals surface area contributed by atoms with E-state index in [0.717, 1.165) is 70.1 Å². The van der Waals surface area contributed by atoms with Gasteiger partial charge < -0.3 is 157 Å². The Morgan fingerprint density at radius 1 is 0.605 bits per heavy atom. The molecule has 27 atom stereocenters. The number of benzene rings is 8. The van der Waals surface area contributed by atoms with Crippen molar-refractivity contribution < 1.29 is 162 Å². The van der Waals surface area contributed by atoms with Gasteiger partial charge in [0.1, 0.15) is 114 Å². The van der Waals surface area contributed by atoms with Crippen LogP contribution >= 0.6 is 34.8 Å². The lowest BCUT2D eigenvalue weighted by Crippen LogP contribution is -2.65. The van der Waals surface area contributed by atoms with Crippen LogP contribution in [-0.2, 0) is 84.7 Å². The van der Waals surface area contributed by atoms with Gasteiger partial charge in [-0.15, -0.1) is 0 Å². The summed E-state index contributed by atoms with van der Waals surface area (Å²) in [7, 11) is 1.22. The van der Waals surface area contributed by atoms with E-state index in [1.54, 1.807) is 46.8 Å². The number of phenols is 3. The minimum atomic E-state index is -2.34. The van der Waals surface area contributed by atoms with E-state index in [9.17, 15) is 80.8 Å². The number of rotatable bonds is 24. The zero-order chi connectivity index (χ0) is 106. The molecule has 9 aliphatic rings. The van der Waals surface area contributed by atoms with E-state index in [1.807, 2.05) is 36.4 Å². The summed E-state index contributed by atoms with van der Waals surface area (Å²) in [5.41, 5.74) is 10.1. The third kappa shape index (κ3) is 24.3. The first kappa shape index (κ1) is 109. The first-order valence-electron chi connectivity index (χ1n) is 47.7. The maximum Gasteiger partial charge on any atom is 0.410 e. The molecular weight excluding hydrogens is 1980 g/mol. The second-order valence-corrected chi connectivity index (χ2v) is 40.1. The fraction of sp³-hybridized carbons (Fsp3) is 0.447. The Morgan fingerprint density at radius 3 is 1.83 bits per heavy atom. The first-order chi connectivity index (χ1) is 69.7. The monoisotopic (exact) mass is 2100 g/mol. The Labute approximate surface area is 857 Å². The summed E-state index contributed by atoms with van der Waals surface area (Å²) in [6.45, 7) is 10.0.